The van der Waals surface area contributed by atoms with E-state index in [1.54, 1.807) is 0 Å². The molecule has 0 aliphatic rings. The van der Waals surface area contributed by atoms with Crippen LogP contribution in [0.25, 0.3) is 0 Å². The summed E-state index contributed by atoms with van der Waals surface area (Å²) in [7, 11) is 0. The molecule has 0 aliphatic carbocycles. The van der Waals surface area contributed by atoms with E-state index in [-0.39, 0.29) is 5.92 Å². The van der Waals surface area contributed by atoms with Gasteiger partial charge in [0.1, 0.15) is 11.6 Å². The molecule has 1 rings (SSSR count). The summed E-state index contributed by atoms with van der Waals surface area (Å²) in [6.07, 6.45) is 2.42. The molecule has 0 saturated heterocycles. The van der Waals surface area contributed by atoms with Crippen LogP contribution in [-0.2, 0) is 0 Å². The van der Waals surface area contributed by atoms with Crippen molar-refractivity contribution in [2.24, 2.45) is 0 Å². The van der Waals surface area contributed by atoms with Gasteiger partial charge in [-0.15, -0.1) is 0 Å². The van der Waals surface area contributed by atoms with E-state index in [2.05, 4.69) is 5.16 Å². The fraction of sp³-hybridized carbons (Fsp3) is 0.500. The minimum absolute atomic E-state index is 0.284. The quantitative estimate of drug-likeness (QED) is 0.648. The van der Waals surface area contributed by atoms with Crippen molar-refractivity contribution < 1.29 is 4.52 Å². The van der Waals surface area contributed by atoms with Crippen molar-refractivity contribution in [2.45, 2.75) is 26.2 Å². The number of aromatic nitrogens is 1. The lowest BCUT2D eigenvalue weighted by Gasteiger charge is -2.01. The van der Waals surface area contributed by atoms with E-state index in [0.29, 0.717) is 11.3 Å². The zero-order chi connectivity index (χ0) is 8.27. The van der Waals surface area contributed by atoms with Crippen LogP contribution in [0.1, 0.15) is 37.5 Å². The van der Waals surface area contributed by atoms with E-state index >= 15 is 0 Å². The van der Waals surface area contributed by atoms with Crippen LogP contribution >= 0.6 is 0 Å². The molecule has 11 heavy (non-hydrogen) atoms. The summed E-state index contributed by atoms with van der Waals surface area (Å²) in [5.74, 6) is 0.988. The Morgan fingerprint density at radius 1 is 1.82 bits per heavy atom. The lowest BCUT2D eigenvalue weighted by molar-refractivity contribution is 0.362. The van der Waals surface area contributed by atoms with E-state index in [9.17, 15) is 0 Å². The largest absolute Gasteiger partial charge is 0.360 e. The average Bonchev–Trinajstić information content (AvgIpc) is 2.50. The van der Waals surface area contributed by atoms with Gasteiger partial charge in [-0.2, -0.15) is 5.26 Å². The van der Waals surface area contributed by atoms with E-state index in [1.165, 1.54) is 6.20 Å². The van der Waals surface area contributed by atoms with E-state index in [0.717, 1.165) is 6.42 Å². The van der Waals surface area contributed by atoms with Crippen LogP contribution in [0, 0.1) is 11.3 Å². The topological polar surface area (TPSA) is 49.8 Å². The molecule has 58 valence electrons. The normalized spacial score (nSPS) is 12.5. The summed E-state index contributed by atoms with van der Waals surface area (Å²) in [6, 6.07) is 2.03. The Morgan fingerprint density at radius 2 is 2.55 bits per heavy atom. The summed E-state index contributed by atoms with van der Waals surface area (Å²) in [4.78, 5) is 0. The maximum Gasteiger partial charge on any atom is 0.157 e. The Labute approximate surface area is 65.6 Å². The van der Waals surface area contributed by atoms with Gasteiger partial charge in [0.05, 0.1) is 6.20 Å². The predicted octanol–water partition coefficient (Wildman–Crippen LogP) is 2.06. The van der Waals surface area contributed by atoms with Gasteiger partial charge in [-0.1, -0.05) is 19.0 Å². The van der Waals surface area contributed by atoms with Crippen molar-refractivity contribution in [1.82, 2.24) is 5.16 Å². The molecule has 0 amide bonds. The SMILES string of the molecule is CCC(C)c1oncc1C#N. The smallest absolute Gasteiger partial charge is 0.157 e. The second-order valence-corrected chi connectivity index (χ2v) is 2.52. The molecular formula is C8H10N2O. The number of nitriles is 1. The molecule has 3 nitrogen and oxygen atoms in total. The molecule has 1 heterocycles. The Kier molecular flexibility index (Phi) is 2.27. The fourth-order valence-electron chi connectivity index (χ4n) is 0.873. The van der Waals surface area contributed by atoms with Gasteiger partial charge in [0.2, 0.25) is 0 Å². The van der Waals surface area contributed by atoms with Crippen molar-refractivity contribution >= 4 is 0 Å². The van der Waals surface area contributed by atoms with Crippen LogP contribution in [0.15, 0.2) is 10.7 Å². The first kappa shape index (κ1) is 7.80. The Hall–Kier alpha value is -1.30. The zero-order valence-corrected chi connectivity index (χ0v) is 6.66. The number of hydrogen-bond acceptors (Lipinski definition) is 3. The van der Waals surface area contributed by atoms with E-state index in [1.807, 2.05) is 19.9 Å². The summed E-state index contributed by atoms with van der Waals surface area (Å²) < 4.78 is 4.94. The molecule has 1 atom stereocenters. The zero-order valence-electron chi connectivity index (χ0n) is 6.66. The van der Waals surface area contributed by atoms with Gasteiger partial charge in [-0.05, 0) is 6.42 Å². The summed E-state index contributed by atoms with van der Waals surface area (Å²) in [5, 5.41) is 12.2. The molecule has 1 aromatic heterocycles. The van der Waals surface area contributed by atoms with Crippen LogP contribution in [-0.4, -0.2) is 5.16 Å². The summed E-state index contributed by atoms with van der Waals surface area (Å²) >= 11 is 0. The summed E-state index contributed by atoms with van der Waals surface area (Å²) in [5.41, 5.74) is 0.555. The van der Waals surface area contributed by atoms with Crippen LogP contribution in [0.3, 0.4) is 0 Å². The second kappa shape index (κ2) is 3.20. The van der Waals surface area contributed by atoms with E-state index in [4.69, 9.17) is 9.78 Å². The number of rotatable bonds is 2. The molecule has 1 aromatic rings. The lowest BCUT2D eigenvalue weighted by atomic mass is 10.0. The van der Waals surface area contributed by atoms with Gasteiger partial charge in [0.15, 0.2) is 5.76 Å². The molecule has 3 heteroatoms. The van der Waals surface area contributed by atoms with Crippen molar-refractivity contribution in [3.63, 3.8) is 0 Å². The van der Waals surface area contributed by atoms with Crippen molar-refractivity contribution in [1.29, 1.82) is 5.26 Å². The third-order valence-electron chi connectivity index (χ3n) is 1.78. The Bertz CT molecular complexity index is 272. The standard InChI is InChI=1S/C8H10N2O/c1-3-6(2)8-7(4-9)5-10-11-8/h5-6H,3H2,1-2H3. The molecule has 0 fully saturated rings. The van der Waals surface area contributed by atoms with Crippen LogP contribution in [0.5, 0.6) is 0 Å². The fourth-order valence-corrected chi connectivity index (χ4v) is 0.873. The van der Waals surface area contributed by atoms with Crippen LogP contribution in [0.2, 0.25) is 0 Å². The first-order valence-electron chi connectivity index (χ1n) is 3.64. The first-order chi connectivity index (χ1) is 5.29. The molecule has 0 bridgehead atoms. The third-order valence-corrected chi connectivity index (χ3v) is 1.78. The van der Waals surface area contributed by atoms with Crippen LogP contribution in [0.4, 0.5) is 0 Å². The highest BCUT2D eigenvalue weighted by atomic mass is 16.5. The highest BCUT2D eigenvalue weighted by Crippen LogP contribution is 2.21. The summed E-state index contributed by atoms with van der Waals surface area (Å²) in [6.45, 7) is 4.07. The number of hydrogen-bond donors (Lipinski definition) is 0. The van der Waals surface area contributed by atoms with Crippen LogP contribution < -0.4 is 0 Å². The predicted molar refractivity (Wildman–Crippen MR) is 39.9 cm³/mol. The highest BCUT2D eigenvalue weighted by molar-refractivity contribution is 5.30. The highest BCUT2D eigenvalue weighted by Gasteiger charge is 2.13. The molecule has 0 spiro atoms. The Morgan fingerprint density at radius 3 is 3.09 bits per heavy atom. The van der Waals surface area contributed by atoms with Gasteiger partial charge in [-0.3, -0.25) is 0 Å². The monoisotopic (exact) mass is 150 g/mol. The van der Waals surface area contributed by atoms with Gasteiger partial charge in [-0.25, -0.2) is 0 Å². The Balaban J connectivity index is 2.95. The first-order valence-corrected chi connectivity index (χ1v) is 3.64. The molecule has 0 aliphatic heterocycles. The van der Waals surface area contributed by atoms with Gasteiger partial charge >= 0.3 is 0 Å². The number of nitrogens with zero attached hydrogens (tertiary/aromatic N) is 2. The van der Waals surface area contributed by atoms with Crippen molar-refractivity contribution in [2.75, 3.05) is 0 Å². The molecule has 0 N–H and O–H groups in total. The van der Waals surface area contributed by atoms with Crippen molar-refractivity contribution in [3.8, 4) is 6.07 Å². The van der Waals surface area contributed by atoms with Gasteiger partial charge < -0.3 is 4.52 Å². The molecule has 1 unspecified atom stereocenters. The molecular weight excluding hydrogens is 140 g/mol. The molecule has 0 aromatic carbocycles. The lowest BCUT2D eigenvalue weighted by Crippen LogP contribution is -1.90. The van der Waals surface area contributed by atoms with E-state index < -0.39 is 0 Å². The van der Waals surface area contributed by atoms with Gasteiger partial charge in [0, 0.05) is 5.92 Å². The second-order valence-electron chi connectivity index (χ2n) is 2.52. The van der Waals surface area contributed by atoms with Crippen molar-refractivity contribution in [3.05, 3.63) is 17.5 Å². The molecule has 0 saturated carbocycles. The van der Waals surface area contributed by atoms with Gasteiger partial charge in [0.25, 0.3) is 0 Å². The minimum Gasteiger partial charge on any atom is -0.360 e. The minimum atomic E-state index is 0.284. The maximum atomic E-state index is 8.60. The average molecular weight is 150 g/mol. The maximum absolute atomic E-state index is 8.60. The third kappa shape index (κ3) is 1.40. The molecule has 0 radical (unpaired) electrons.